The van der Waals surface area contributed by atoms with E-state index in [0.717, 1.165) is 29.7 Å². The van der Waals surface area contributed by atoms with Crippen LogP contribution in [-0.4, -0.2) is 64.5 Å². The Morgan fingerprint density at radius 2 is 1.55 bits per heavy atom. The molecule has 1 atom stereocenters. The maximum Gasteiger partial charge on any atom is 0.328 e. The van der Waals surface area contributed by atoms with E-state index in [4.69, 9.17) is 28.2 Å². The first-order valence-electron chi connectivity index (χ1n) is 11.0. The predicted octanol–water partition coefficient (Wildman–Crippen LogP) is 5.41. The van der Waals surface area contributed by atoms with Crippen LogP contribution >= 0.6 is 0 Å². The Bertz CT molecular complexity index is 798. The highest BCUT2D eigenvalue weighted by molar-refractivity contribution is 6.71. The van der Waals surface area contributed by atoms with Crippen molar-refractivity contribution < 1.29 is 33.0 Å². The van der Waals surface area contributed by atoms with Gasteiger partial charge in [-0.05, 0) is 69.3 Å². The fourth-order valence-corrected chi connectivity index (χ4v) is 8.42. The van der Waals surface area contributed by atoms with Gasteiger partial charge in [-0.1, -0.05) is 13.0 Å². The summed E-state index contributed by atoms with van der Waals surface area (Å²) in [6, 6.07) is 2.71. The van der Waals surface area contributed by atoms with Crippen molar-refractivity contribution in [3.05, 3.63) is 23.3 Å². The van der Waals surface area contributed by atoms with E-state index < -0.39 is 22.6 Å². The van der Waals surface area contributed by atoms with Gasteiger partial charge in [0.15, 0.2) is 28.1 Å². The molecule has 0 aromatic heterocycles. The third-order valence-corrected chi connectivity index (χ3v) is 8.07. The van der Waals surface area contributed by atoms with Crippen molar-refractivity contribution in [1.82, 2.24) is 0 Å². The van der Waals surface area contributed by atoms with E-state index in [1.165, 1.54) is 0 Å². The molecule has 0 bridgehead atoms. The summed E-state index contributed by atoms with van der Waals surface area (Å²) in [5, 5.41) is 9.15. The van der Waals surface area contributed by atoms with E-state index in [-0.39, 0.29) is 11.8 Å². The molecule has 10 heteroatoms. The van der Waals surface area contributed by atoms with Gasteiger partial charge < -0.3 is 28.2 Å². The number of carbonyl (C=O) groups is 1. The highest BCUT2D eigenvalue weighted by Crippen LogP contribution is 2.46. The van der Waals surface area contributed by atoms with Crippen molar-refractivity contribution in [2.45, 2.75) is 70.5 Å². The highest BCUT2D eigenvalue weighted by Gasteiger charge is 2.28. The van der Waals surface area contributed by atoms with Crippen molar-refractivity contribution in [2.24, 2.45) is 0 Å². The molecular weight excluding hydrogens is 473 g/mol. The second kappa shape index (κ2) is 12.7. The maximum atomic E-state index is 11.2. The molecule has 7 nitrogen and oxygen atoms in total. The quantitative estimate of drug-likeness (QED) is 0.203. The number of rotatable bonds is 14. The number of ether oxygens (including phenoxy) is 3. The Morgan fingerprint density at radius 1 is 1.00 bits per heavy atom. The van der Waals surface area contributed by atoms with Gasteiger partial charge >= 0.3 is 5.97 Å². The second-order valence-corrected chi connectivity index (χ2v) is 20.1. The Kier molecular flexibility index (Phi) is 11.4. The number of methoxy groups -OCH3 is 3. The normalized spacial score (nSPS) is 13.4. The maximum absolute atomic E-state index is 11.2. The van der Waals surface area contributed by atoms with E-state index in [1.807, 2.05) is 0 Å². The Hall–Kier alpha value is -1.60. The summed E-state index contributed by atoms with van der Waals surface area (Å²) in [4.78, 5) is 11.2. The monoisotopic (exact) mass is 512 g/mol. The van der Waals surface area contributed by atoms with Crippen LogP contribution in [0, 0.1) is 0 Å². The second-order valence-electron chi connectivity index (χ2n) is 9.76. The first kappa shape index (κ1) is 29.4. The first-order valence-corrected chi connectivity index (χ1v) is 19.1. The molecule has 0 spiro atoms. The summed E-state index contributed by atoms with van der Waals surface area (Å²) in [5.41, 5.74) is 1.63. The molecule has 0 aliphatic rings. The number of hydrogen-bond acceptors (Lipinski definition) is 6. The molecule has 0 saturated heterocycles. The van der Waals surface area contributed by atoms with Gasteiger partial charge in [-0.3, -0.25) is 0 Å². The SMILES string of the molecule is COc1cc(/C=C/C(=O)O)c(C(C)CC[Si]C(O[Si](C)(C)C)O[Si](C)(C)C)c(OC)c1OC. The number of carboxylic acid groups (broad SMARTS) is 1. The molecule has 0 heterocycles. The van der Waals surface area contributed by atoms with E-state index in [0.29, 0.717) is 26.8 Å². The fourth-order valence-electron chi connectivity index (χ4n) is 3.32. The zero-order chi connectivity index (χ0) is 25.4. The molecular formula is C23H40O7Si3. The molecule has 1 aromatic rings. The fraction of sp³-hybridized carbons (Fsp3) is 0.609. The number of carboxylic acids is 1. The van der Waals surface area contributed by atoms with Crippen LogP contribution < -0.4 is 14.2 Å². The third kappa shape index (κ3) is 10.0. The molecule has 0 aliphatic carbocycles. The summed E-state index contributed by atoms with van der Waals surface area (Å²) >= 11 is 0. The van der Waals surface area contributed by atoms with Gasteiger partial charge in [-0.25, -0.2) is 4.79 Å². The lowest BCUT2D eigenvalue weighted by molar-refractivity contribution is -0.131. The zero-order valence-corrected chi connectivity index (χ0v) is 24.7. The zero-order valence-electron chi connectivity index (χ0n) is 21.7. The Balaban J connectivity index is 3.20. The molecule has 1 unspecified atom stereocenters. The van der Waals surface area contributed by atoms with E-state index >= 15 is 0 Å². The molecule has 2 radical (unpaired) electrons. The summed E-state index contributed by atoms with van der Waals surface area (Å²) in [5.74, 6) is 0.446. The topological polar surface area (TPSA) is 83.5 Å². The molecule has 1 aromatic carbocycles. The summed E-state index contributed by atoms with van der Waals surface area (Å²) in [7, 11) is 1.72. The smallest absolute Gasteiger partial charge is 0.328 e. The van der Waals surface area contributed by atoms with Gasteiger partial charge in [0.25, 0.3) is 0 Å². The van der Waals surface area contributed by atoms with Gasteiger partial charge in [0.1, 0.15) is 15.4 Å². The number of aliphatic carboxylic acids is 1. The van der Waals surface area contributed by atoms with Crippen molar-refractivity contribution >= 4 is 38.2 Å². The largest absolute Gasteiger partial charge is 0.493 e. The Labute approximate surface area is 203 Å². The molecule has 1 N–H and O–H groups in total. The van der Waals surface area contributed by atoms with Gasteiger partial charge in [-0.2, -0.15) is 0 Å². The molecule has 186 valence electrons. The molecule has 0 fully saturated rings. The van der Waals surface area contributed by atoms with Crippen molar-refractivity contribution in [3.8, 4) is 17.2 Å². The minimum Gasteiger partial charge on any atom is -0.493 e. The lowest BCUT2D eigenvalue weighted by atomic mass is 9.91. The van der Waals surface area contributed by atoms with Crippen LogP contribution in [0.15, 0.2) is 12.1 Å². The van der Waals surface area contributed by atoms with Crippen LogP contribution in [0.25, 0.3) is 6.08 Å². The number of benzene rings is 1. The summed E-state index contributed by atoms with van der Waals surface area (Å²) in [6.07, 6.45) is 3.56. The molecule has 1 rings (SSSR count). The minimum atomic E-state index is -1.74. The lowest BCUT2D eigenvalue weighted by Crippen LogP contribution is -2.43. The molecule has 33 heavy (non-hydrogen) atoms. The average molecular weight is 513 g/mol. The van der Waals surface area contributed by atoms with Crippen LogP contribution in [0.2, 0.25) is 45.3 Å². The van der Waals surface area contributed by atoms with Crippen LogP contribution in [0.1, 0.15) is 30.4 Å². The van der Waals surface area contributed by atoms with Crippen LogP contribution in [0.3, 0.4) is 0 Å². The van der Waals surface area contributed by atoms with Gasteiger partial charge in [0, 0.05) is 11.6 Å². The lowest BCUT2D eigenvalue weighted by Gasteiger charge is -2.31. The predicted molar refractivity (Wildman–Crippen MR) is 139 cm³/mol. The van der Waals surface area contributed by atoms with Gasteiger partial charge in [0.05, 0.1) is 21.3 Å². The van der Waals surface area contributed by atoms with Crippen molar-refractivity contribution in [1.29, 1.82) is 0 Å². The van der Waals surface area contributed by atoms with E-state index in [2.05, 4.69) is 46.2 Å². The van der Waals surface area contributed by atoms with Crippen molar-refractivity contribution in [2.75, 3.05) is 21.3 Å². The molecule has 0 saturated carbocycles. The Morgan fingerprint density at radius 3 is 1.97 bits per heavy atom. The molecule has 0 amide bonds. The van der Waals surface area contributed by atoms with E-state index in [9.17, 15) is 4.79 Å². The summed E-state index contributed by atoms with van der Waals surface area (Å²) < 4.78 is 29.4. The van der Waals surface area contributed by atoms with Crippen LogP contribution in [-0.2, 0) is 13.6 Å². The van der Waals surface area contributed by atoms with Crippen LogP contribution in [0.5, 0.6) is 17.2 Å². The third-order valence-electron chi connectivity index (χ3n) is 4.61. The van der Waals surface area contributed by atoms with Crippen molar-refractivity contribution in [3.63, 3.8) is 0 Å². The summed E-state index contributed by atoms with van der Waals surface area (Å²) in [6.45, 7) is 15.2. The first-order chi connectivity index (χ1) is 15.2. The molecule has 0 aliphatic heterocycles. The highest BCUT2D eigenvalue weighted by atomic mass is 28.4. The van der Waals surface area contributed by atoms with Crippen LogP contribution in [0.4, 0.5) is 0 Å². The standard InChI is InChI=1S/C23H40O7Si3/c1-16(13-14-31-23(29-32(5,6)7)30-33(8,9)10)20-17(11-12-19(24)25)15-18(26-2)21(27-3)22(20)28-4/h11-12,15-16,23H,13-14H2,1-10H3,(H,24,25)/b12-11+. The van der Waals surface area contributed by atoms with E-state index in [1.54, 1.807) is 33.5 Å². The number of hydrogen-bond donors (Lipinski definition) is 1. The average Bonchev–Trinajstić information content (AvgIpc) is 2.67. The van der Waals surface area contributed by atoms with Gasteiger partial charge in [0.2, 0.25) is 5.75 Å². The minimum absolute atomic E-state index is 0.0834. The van der Waals surface area contributed by atoms with Gasteiger partial charge in [-0.15, -0.1) is 0 Å².